The van der Waals surface area contributed by atoms with Gasteiger partial charge in [0.25, 0.3) is 0 Å². The number of amides is 2. The molecule has 0 unspecified atom stereocenters. The van der Waals surface area contributed by atoms with Crippen molar-refractivity contribution in [2.75, 3.05) is 31.6 Å². The molecule has 0 atom stereocenters. The van der Waals surface area contributed by atoms with Crippen molar-refractivity contribution in [3.8, 4) is 0 Å². The zero-order valence-electron chi connectivity index (χ0n) is 14.6. The molecule has 2 fully saturated rings. The first-order valence-corrected chi connectivity index (χ1v) is 8.83. The molecule has 6 nitrogen and oxygen atoms in total. The van der Waals surface area contributed by atoms with Crippen LogP contribution in [-0.2, 0) is 25.5 Å². The van der Waals surface area contributed by atoms with Gasteiger partial charge >= 0.3 is 5.97 Å². The number of ether oxygens (including phenoxy) is 1. The first-order valence-electron chi connectivity index (χ1n) is 8.83. The maximum Gasteiger partial charge on any atom is 0.308 e. The summed E-state index contributed by atoms with van der Waals surface area (Å²) in [5.41, 5.74) is 1.84. The van der Waals surface area contributed by atoms with Crippen molar-refractivity contribution >= 4 is 23.5 Å². The Bertz CT molecular complexity index is 648. The van der Waals surface area contributed by atoms with E-state index in [2.05, 4.69) is 0 Å². The lowest BCUT2D eigenvalue weighted by molar-refractivity contribution is -0.148. The molecule has 0 radical (unpaired) electrons. The Hall–Kier alpha value is -2.37. The van der Waals surface area contributed by atoms with E-state index in [0.717, 1.165) is 24.2 Å². The van der Waals surface area contributed by atoms with Gasteiger partial charge in [-0.25, -0.2) is 0 Å². The van der Waals surface area contributed by atoms with Gasteiger partial charge in [-0.2, -0.15) is 0 Å². The number of nitrogens with zero attached hydrogens (tertiary/aromatic N) is 2. The number of benzene rings is 1. The minimum absolute atomic E-state index is 0.0771. The van der Waals surface area contributed by atoms with Crippen LogP contribution in [0.1, 0.15) is 31.2 Å². The van der Waals surface area contributed by atoms with E-state index in [-0.39, 0.29) is 23.7 Å². The van der Waals surface area contributed by atoms with Gasteiger partial charge in [0.1, 0.15) is 0 Å². The van der Waals surface area contributed by atoms with Crippen LogP contribution in [0, 0.1) is 5.92 Å². The number of hydrogen-bond acceptors (Lipinski definition) is 4. The molecule has 0 N–H and O–H groups in total. The van der Waals surface area contributed by atoms with Gasteiger partial charge in [-0.15, -0.1) is 0 Å². The number of carbonyl (C=O) groups excluding carboxylic acids is 3. The van der Waals surface area contributed by atoms with Crippen molar-refractivity contribution in [1.82, 2.24) is 4.90 Å². The summed E-state index contributed by atoms with van der Waals surface area (Å²) in [5.74, 6) is -0.0314. The summed E-state index contributed by atoms with van der Waals surface area (Å²) < 4.78 is 4.77. The molecule has 6 heteroatoms. The van der Waals surface area contributed by atoms with E-state index < -0.39 is 0 Å². The maximum atomic E-state index is 12.5. The second kappa shape index (κ2) is 7.68. The molecule has 3 rings (SSSR count). The summed E-state index contributed by atoms with van der Waals surface area (Å²) in [7, 11) is 1.40. The van der Waals surface area contributed by atoms with E-state index >= 15 is 0 Å². The molecule has 2 aliphatic heterocycles. The SMILES string of the molecule is COC(=O)C1CCN(C(=O)Cc2ccc(N3CCCC3=O)cc2)CC1. The maximum absolute atomic E-state index is 12.5. The predicted octanol–water partition coefficient (Wildman–Crippen LogP) is 1.77. The molecular weight excluding hydrogens is 320 g/mol. The Morgan fingerprint density at radius 1 is 1.12 bits per heavy atom. The number of carbonyl (C=O) groups is 3. The highest BCUT2D eigenvalue weighted by molar-refractivity contribution is 5.95. The largest absolute Gasteiger partial charge is 0.469 e. The lowest BCUT2D eigenvalue weighted by Gasteiger charge is -2.30. The summed E-state index contributed by atoms with van der Waals surface area (Å²) in [4.78, 5) is 39.4. The fourth-order valence-corrected chi connectivity index (χ4v) is 3.53. The number of esters is 1. The third kappa shape index (κ3) is 4.00. The van der Waals surface area contributed by atoms with Gasteiger partial charge in [0.15, 0.2) is 0 Å². The Kier molecular flexibility index (Phi) is 5.36. The number of piperidine rings is 1. The third-order valence-corrected chi connectivity index (χ3v) is 5.06. The van der Waals surface area contributed by atoms with Gasteiger partial charge in [0.05, 0.1) is 19.4 Å². The van der Waals surface area contributed by atoms with E-state index in [4.69, 9.17) is 4.74 Å². The van der Waals surface area contributed by atoms with Crippen LogP contribution in [0.15, 0.2) is 24.3 Å². The fraction of sp³-hybridized carbons (Fsp3) is 0.526. The molecule has 2 amide bonds. The quantitative estimate of drug-likeness (QED) is 0.781. The molecule has 2 heterocycles. The van der Waals surface area contributed by atoms with Crippen LogP contribution < -0.4 is 4.90 Å². The highest BCUT2D eigenvalue weighted by atomic mass is 16.5. The number of likely N-dealkylation sites (tertiary alicyclic amines) is 1. The Morgan fingerprint density at radius 3 is 2.36 bits per heavy atom. The summed E-state index contributed by atoms with van der Waals surface area (Å²) >= 11 is 0. The minimum atomic E-state index is -0.181. The van der Waals surface area contributed by atoms with Gasteiger partial charge in [-0.05, 0) is 37.0 Å². The third-order valence-electron chi connectivity index (χ3n) is 5.06. The van der Waals surface area contributed by atoms with Crippen LogP contribution in [-0.4, -0.2) is 49.4 Å². The average molecular weight is 344 g/mol. The molecular formula is C19H24N2O4. The zero-order chi connectivity index (χ0) is 17.8. The number of rotatable bonds is 4. The van der Waals surface area contributed by atoms with Crippen LogP contribution in [0.5, 0.6) is 0 Å². The molecule has 0 spiro atoms. The summed E-state index contributed by atoms with van der Waals surface area (Å²) in [6, 6.07) is 7.66. The molecule has 1 aromatic rings. The first kappa shape index (κ1) is 17.5. The van der Waals surface area contributed by atoms with Gasteiger partial charge in [-0.1, -0.05) is 12.1 Å². The van der Waals surface area contributed by atoms with E-state index in [0.29, 0.717) is 38.8 Å². The van der Waals surface area contributed by atoms with Gasteiger partial charge in [0, 0.05) is 31.7 Å². The van der Waals surface area contributed by atoms with Crippen LogP contribution in [0.25, 0.3) is 0 Å². The van der Waals surface area contributed by atoms with Crippen molar-refractivity contribution in [2.45, 2.75) is 32.1 Å². The van der Waals surface area contributed by atoms with Crippen LogP contribution in [0.4, 0.5) is 5.69 Å². The Labute approximate surface area is 147 Å². The average Bonchev–Trinajstić information content (AvgIpc) is 3.07. The van der Waals surface area contributed by atoms with E-state index in [1.54, 1.807) is 4.90 Å². The van der Waals surface area contributed by atoms with Crippen molar-refractivity contribution in [3.63, 3.8) is 0 Å². The van der Waals surface area contributed by atoms with E-state index in [1.165, 1.54) is 7.11 Å². The van der Waals surface area contributed by atoms with Crippen LogP contribution in [0.2, 0.25) is 0 Å². The second-order valence-electron chi connectivity index (χ2n) is 6.67. The fourth-order valence-electron chi connectivity index (χ4n) is 3.53. The number of anilines is 1. The lowest BCUT2D eigenvalue weighted by Crippen LogP contribution is -2.41. The minimum Gasteiger partial charge on any atom is -0.469 e. The van der Waals surface area contributed by atoms with Gasteiger partial charge in [0.2, 0.25) is 11.8 Å². The zero-order valence-corrected chi connectivity index (χ0v) is 14.6. The molecule has 0 aliphatic carbocycles. The summed E-state index contributed by atoms with van der Waals surface area (Å²) in [6.45, 7) is 1.96. The Morgan fingerprint density at radius 2 is 1.80 bits per heavy atom. The summed E-state index contributed by atoms with van der Waals surface area (Å²) in [6.07, 6.45) is 3.18. The molecule has 0 aromatic heterocycles. The standard InChI is InChI=1S/C19H24N2O4/c1-25-19(24)15-8-11-20(12-9-15)18(23)13-14-4-6-16(7-5-14)21-10-2-3-17(21)22/h4-7,15H,2-3,8-13H2,1H3. The lowest BCUT2D eigenvalue weighted by atomic mass is 9.96. The molecule has 1 aromatic carbocycles. The Balaban J connectivity index is 1.53. The molecule has 25 heavy (non-hydrogen) atoms. The molecule has 2 aliphatic rings. The highest BCUT2D eigenvalue weighted by Crippen LogP contribution is 2.23. The number of methoxy groups -OCH3 is 1. The van der Waals surface area contributed by atoms with E-state index in [9.17, 15) is 14.4 Å². The number of hydrogen-bond donors (Lipinski definition) is 0. The monoisotopic (exact) mass is 344 g/mol. The normalized spacial score (nSPS) is 18.5. The summed E-state index contributed by atoms with van der Waals surface area (Å²) in [5, 5.41) is 0. The van der Waals surface area contributed by atoms with E-state index in [1.807, 2.05) is 29.2 Å². The van der Waals surface area contributed by atoms with Crippen molar-refractivity contribution < 1.29 is 19.1 Å². The first-order chi connectivity index (χ1) is 12.1. The highest BCUT2D eigenvalue weighted by Gasteiger charge is 2.28. The van der Waals surface area contributed by atoms with Crippen molar-refractivity contribution in [1.29, 1.82) is 0 Å². The topological polar surface area (TPSA) is 66.9 Å². The second-order valence-corrected chi connectivity index (χ2v) is 6.67. The predicted molar refractivity (Wildman–Crippen MR) is 93.1 cm³/mol. The molecule has 0 saturated carbocycles. The van der Waals surface area contributed by atoms with Crippen LogP contribution >= 0.6 is 0 Å². The smallest absolute Gasteiger partial charge is 0.308 e. The van der Waals surface area contributed by atoms with Crippen molar-refractivity contribution in [2.24, 2.45) is 5.92 Å². The van der Waals surface area contributed by atoms with Gasteiger partial charge < -0.3 is 14.5 Å². The molecule has 134 valence electrons. The molecule has 0 bridgehead atoms. The van der Waals surface area contributed by atoms with Crippen molar-refractivity contribution in [3.05, 3.63) is 29.8 Å². The van der Waals surface area contributed by atoms with Gasteiger partial charge in [-0.3, -0.25) is 14.4 Å². The van der Waals surface area contributed by atoms with Crippen LogP contribution in [0.3, 0.4) is 0 Å². The molecule has 2 saturated heterocycles.